The maximum Gasteiger partial charge on any atom is 0.261 e. The van der Waals surface area contributed by atoms with E-state index in [0.29, 0.717) is 27.4 Å². The van der Waals surface area contributed by atoms with Crippen molar-refractivity contribution in [1.82, 2.24) is 5.32 Å². The van der Waals surface area contributed by atoms with Crippen molar-refractivity contribution in [3.63, 3.8) is 0 Å². The summed E-state index contributed by atoms with van der Waals surface area (Å²) >= 11 is 11.9. The van der Waals surface area contributed by atoms with E-state index in [2.05, 4.69) is 42.5 Å². The lowest BCUT2D eigenvalue weighted by molar-refractivity contribution is 0.0974. The number of ether oxygens (including phenoxy) is 1. The number of phenolic OH excluding ortho intramolecular Hbond substituents is 1. The van der Waals surface area contributed by atoms with Gasteiger partial charge >= 0.3 is 0 Å². The van der Waals surface area contributed by atoms with E-state index in [4.69, 9.17) is 17.0 Å². The molecule has 0 atom stereocenters. The number of carbonyl (C=O) groups is 1. The minimum Gasteiger partial charge on any atom is -0.506 e. The Kier molecular flexibility index (Phi) is 7.02. The number of rotatable bonds is 4. The average molecular weight is 502 g/mol. The van der Waals surface area contributed by atoms with E-state index in [1.165, 1.54) is 7.11 Å². The van der Waals surface area contributed by atoms with Gasteiger partial charge in [0.25, 0.3) is 5.91 Å². The smallest absolute Gasteiger partial charge is 0.261 e. The van der Waals surface area contributed by atoms with Crippen molar-refractivity contribution in [2.24, 2.45) is 0 Å². The molecule has 3 N–H and O–H groups in total. The molecule has 0 saturated carbocycles. The number of amides is 1. The predicted molar refractivity (Wildman–Crippen MR) is 114 cm³/mol. The zero-order chi connectivity index (χ0) is 19.4. The number of thiocarbonyl (C=S) groups is 1. The van der Waals surface area contributed by atoms with Gasteiger partial charge in [-0.25, -0.2) is 0 Å². The Morgan fingerprint density at radius 1 is 1.23 bits per heavy atom. The largest absolute Gasteiger partial charge is 0.506 e. The summed E-state index contributed by atoms with van der Waals surface area (Å²) in [5.41, 5.74) is 1.79. The molecule has 0 heterocycles. The van der Waals surface area contributed by atoms with Gasteiger partial charge in [-0.1, -0.05) is 35.8 Å². The molecule has 0 aliphatic carbocycles. The minimum atomic E-state index is -0.430. The molecule has 0 fully saturated rings. The second-order valence-corrected chi connectivity index (χ2v) is 7.99. The van der Waals surface area contributed by atoms with Gasteiger partial charge in [0.2, 0.25) is 0 Å². The van der Waals surface area contributed by atoms with Crippen molar-refractivity contribution in [2.75, 3.05) is 12.4 Å². The Bertz CT molecular complexity index is 857. The first kappa shape index (κ1) is 20.7. The summed E-state index contributed by atoms with van der Waals surface area (Å²) in [6.45, 7) is 4.10. The Hall–Kier alpha value is -1.64. The van der Waals surface area contributed by atoms with Crippen LogP contribution in [0.2, 0.25) is 0 Å². The fraction of sp³-hybridized carbons (Fsp3) is 0.222. The Morgan fingerprint density at radius 3 is 2.54 bits per heavy atom. The molecule has 2 aromatic rings. The van der Waals surface area contributed by atoms with Crippen LogP contribution in [0, 0.1) is 0 Å². The molecule has 0 aliphatic heterocycles. The molecule has 0 bridgehead atoms. The molecule has 1 amide bonds. The molecule has 0 unspecified atom stereocenters. The van der Waals surface area contributed by atoms with Crippen LogP contribution in [0.15, 0.2) is 39.3 Å². The maximum atomic E-state index is 12.6. The number of hydrogen-bond acceptors (Lipinski definition) is 4. The molecule has 2 aromatic carbocycles. The quantitative estimate of drug-likeness (QED) is 0.398. The van der Waals surface area contributed by atoms with Crippen LogP contribution in [0.5, 0.6) is 11.5 Å². The number of anilines is 1. The van der Waals surface area contributed by atoms with Crippen LogP contribution in [0.25, 0.3) is 0 Å². The second kappa shape index (κ2) is 8.83. The van der Waals surface area contributed by atoms with Crippen molar-refractivity contribution >= 4 is 60.8 Å². The van der Waals surface area contributed by atoms with E-state index >= 15 is 0 Å². The Morgan fingerprint density at radius 2 is 1.92 bits per heavy atom. The Balaban J connectivity index is 2.19. The number of phenols is 1. The summed E-state index contributed by atoms with van der Waals surface area (Å²) in [5, 5.41) is 15.5. The number of methoxy groups -OCH3 is 1. The molecule has 26 heavy (non-hydrogen) atoms. The third-order valence-corrected chi connectivity index (χ3v) is 4.87. The van der Waals surface area contributed by atoms with Crippen molar-refractivity contribution in [3.05, 3.63) is 50.4 Å². The summed E-state index contributed by atoms with van der Waals surface area (Å²) < 4.78 is 6.64. The average Bonchev–Trinajstić information content (AvgIpc) is 2.55. The van der Waals surface area contributed by atoms with E-state index in [-0.39, 0.29) is 10.9 Å². The third-order valence-electron chi connectivity index (χ3n) is 3.62. The molecule has 0 radical (unpaired) electrons. The molecule has 8 heteroatoms. The SMILES string of the molecule is COc1c(Br)cc(Br)cc1C(=O)NC(=S)Nc1cc(C(C)C)ccc1O. The van der Waals surface area contributed by atoms with E-state index in [9.17, 15) is 9.90 Å². The zero-order valence-corrected chi connectivity index (χ0v) is 18.4. The van der Waals surface area contributed by atoms with Crippen molar-refractivity contribution in [2.45, 2.75) is 19.8 Å². The normalized spacial score (nSPS) is 10.5. The molecular weight excluding hydrogens is 484 g/mol. The van der Waals surface area contributed by atoms with Gasteiger partial charge in [-0.15, -0.1) is 0 Å². The lowest BCUT2D eigenvalue weighted by atomic mass is 10.0. The maximum absolute atomic E-state index is 12.6. The standard InChI is InChI=1S/C18H18Br2N2O3S/c1-9(2)10-4-5-15(23)14(6-10)21-18(26)22-17(24)12-7-11(19)8-13(20)16(12)25-3/h4-9,23H,1-3H3,(H2,21,22,24,26). The molecule has 138 valence electrons. The highest BCUT2D eigenvalue weighted by atomic mass is 79.9. The van der Waals surface area contributed by atoms with Gasteiger partial charge in [0.1, 0.15) is 11.5 Å². The van der Waals surface area contributed by atoms with Gasteiger partial charge < -0.3 is 15.2 Å². The molecular formula is C18H18Br2N2O3S. The number of aromatic hydroxyl groups is 1. The lowest BCUT2D eigenvalue weighted by Gasteiger charge is -2.15. The van der Waals surface area contributed by atoms with Crippen LogP contribution in [0.1, 0.15) is 35.7 Å². The number of nitrogens with one attached hydrogen (secondary N) is 2. The fourth-order valence-corrected chi connectivity index (χ4v) is 3.86. The van der Waals surface area contributed by atoms with E-state index < -0.39 is 5.91 Å². The first-order valence-electron chi connectivity index (χ1n) is 7.71. The topological polar surface area (TPSA) is 70.6 Å². The van der Waals surface area contributed by atoms with Crippen molar-refractivity contribution in [1.29, 1.82) is 0 Å². The first-order chi connectivity index (χ1) is 12.2. The van der Waals surface area contributed by atoms with Gasteiger partial charge in [-0.2, -0.15) is 0 Å². The summed E-state index contributed by atoms with van der Waals surface area (Å²) in [5.74, 6) is 0.315. The number of hydrogen-bond donors (Lipinski definition) is 3. The van der Waals surface area contributed by atoms with Crippen LogP contribution in [0.3, 0.4) is 0 Å². The van der Waals surface area contributed by atoms with E-state index in [1.807, 2.05) is 19.9 Å². The van der Waals surface area contributed by atoms with Gasteiger partial charge in [-0.3, -0.25) is 10.1 Å². The monoisotopic (exact) mass is 500 g/mol. The molecule has 0 aromatic heterocycles. The highest BCUT2D eigenvalue weighted by Crippen LogP contribution is 2.33. The second-order valence-electron chi connectivity index (χ2n) is 5.81. The predicted octanol–water partition coefficient (Wildman–Crippen LogP) is 5.18. The molecule has 0 saturated heterocycles. The third kappa shape index (κ3) is 4.96. The summed E-state index contributed by atoms with van der Waals surface area (Å²) in [4.78, 5) is 12.6. The van der Waals surface area contributed by atoms with Crippen LogP contribution in [0.4, 0.5) is 5.69 Å². The molecule has 5 nitrogen and oxygen atoms in total. The summed E-state index contributed by atoms with van der Waals surface area (Å²) in [6, 6.07) is 8.65. The van der Waals surface area contributed by atoms with Gasteiger partial charge in [-0.05, 0) is 63.9 Å². The van der Waals surface area contributed by atoms with Crippen molar-refractivity contribution in [3.8, 4) is 11.5 Å². The molecule has 0 spiro atoms. The van der Waals surface area contributed by atoms with E-state index in [1.54, 1.807) is 24.3 Å². The van der Waals surface area contributed by atoms with Crippen LogP contribution >= 0.6 is 44.1 Å². The van der Waals surface area contributed by atoms with Gasteiger partial charge in [0.05, 0.1) is 22.8 Å². The van der Waals surface area contributed by atoms with E-state index in [0.717, 1.165) is 10.0 Å². The summed E-state index contributed by atoms with van der Waals surface area (Å²) in [7, 11) is 1.48. The van der Waals surface area contributed by atoms with Crippen LogP contribution in [-0.2, 0) is 0 Å². The number of carbonyl (C=O) groups excluding carboxylic acids is 1. The highest BCUT2D eigenvalue weighted by Gasteiger charge is 2.18. The number of benzene rings is 2. The van der Waals surface area contributed by atoms with Crippen LogP contribution in [-0.4, -0.2) is 23.2 Å². The zero-order valence-electron chi connectivity index (χ0n) is 14.4. The molecule has 0 aliphatic rings. The van der Waals surface area contributed by atoms with Crippen molar-refractivity contribution < 1.29 is 14.6 Å². The minimum absolute atomic E-state index is 0.0498. The Labute approximate surface area is 174 Å². The highest BCUT2D eigenvalue weighted by molar-refractivity contribution is 9.11. The first-order valence-corrected chi connectivity index (χ1v) is 9.70. The lowest BCUT2D eigenvalue weighted by Crippen LogP contribution is -2.34. The van der Waals surface area contributed by atoms with Gasteiger partial charge in [0, 0.05) is 4.47 Å². The van der Waals surface area contributed by atoms with Crippen LogP contribution < -0.4 is 15.4 Å². The van der Waals surface area contributed by atoms with Gasteiger partial charge in [0.15, 0.2) is 5.11 Å². The fourth-order valence-electron chi connectivity index (χ4n) is 2.27. The summed E-state index contributed by atoms with van der Waals surface area (Å²) in [6.07, 6.45) is 0. The number of halogens is 2. The molecule has 2 rings (SSSR count).